The molecule has 0 radical (unpaired) electrons. The van der Waals surface area contributed by atoms with Crippen LogP contribution in [0.3, 0.4) is 0 Å². The third kappa shape index (κ3) is 3.75. The Kier molecular flexibility index (Phi) is 5.16. The van der Waals surface area contributed by atoms with Gasteiger partial charge in [-0.2, -0.15) is 0 Å². The van der Waals surface area contributed by atoms with Crippen LogP contribution in [0.4, 0.5) is 0 Å². The van der Waals surface area contributed by atoms with Crippen LogP contribution in [0.25, 0.3) is 0 Å². The summed E-state index contributed by atoms with van der Waals surface area (Å²) in [5.74, 6) is 0. The molecule has 8 nitrogen and oxygen atoms in total. The molecule has 4 N–H and O–H groups in total. The molecule has 14 heavy (non-hydrogen) atoms. The molecule has 8 heteroatoms. The third-order valence-electron chi connectivity index (χ3n) is 1.57. The summed E-state index contributed by atoms with van der Waals surface area (Å²) in [6, 6.07) is 0. The van der Waals surface area contributed by atoms with Gasteiger partial charge in [-0.3, -0.25) is 10.1 Å². The summed E-state index contributed by atoms with van der Waals surface area (Å²) < 4.78 is 0. The van der Waals surface area contributed by atoms with Crippen molar-refractivity contribution in [3.63, 3.8) is 0 Å². The first-order valence-corrected chi connectivity index (χ1v) is 3.69. The number of hydrogen-bond donors (Lipinski definition) is 4. The average Bonchev–Trinajstić information content (AvgIpc) is 2.13. The fourth-order valence-electron chi connectivity index (χ4n) is 0.771. The molecule has 0 heterocycles. The summed E-state index contributed by atoms with van der Waals surface area (Å²) in [7, 11) is 0. The first-order chi connectivity index (χ1) is 6.40. The first kappa shape index (κ1) is 12.9. The van der Waals surface area contributed by atoms with Crippen molar-refractivity contribution in [2.45, 2.75) is 24.4 Å². The smallest absolute Gasteiger partial charge is 0.232 e. The Morgan fingerprint density at radius 1 is 1.21 bits per heavy atom. The molecule has 82 valence electrons. The Bertz CT molecular complexity index is 208. The van der Waals surface area contributed by atoms with Crippen LogP contribution in [0.5, 0.6) is 0 Å². The average molecular weight is 209 g/mol. The predicted octanol–water partition coefficient (Wildman–Crippen LogP) is -3.09. The molecule has 0 aliphatic rings. The van der Waals surface area contributed by atoms with Crippen LogP contribution >= 0.6 is 0 Å². The lowest BCUT2D eigenvalue weighted by atomic mass is 10.0. The summed E-state index contributed by atoms with van der Waals surface area (Å²) in [6.45, 7) is -0.982. The molecule has 4 unspecified atom stereocenters. The highest BCUT2D eigenvalue weighted by molar-refractivity contribution is 5.56. The van der Waals surface area contributed by atoms with Crippen molar-refractivity contribution in [1.29, 1.82) is 0 Å². The van der Waals surface area contributed by atoms with Crippen molar-refractivity contribution in [3.05, 3.63) is 10.1 Å². The number of rotatable bonds is 6. The molecule has 0 aliphatic heterocycles. The Labute approximate surface area is 78.6 Å². The molecule has 0 saturated heterocycles. The van der Waals surface area contributed by atoms with Crippen molar-refractivity contribution in [1.82, 2.24) is 0 Å². The lowest BCUT2D eigenvalue weighted by Crippen LogP contribution is -2.47. The topological polar surface area (TPSA) is 141 Å². The molecule has 0 spiro atoms. The SMILES string of the molecule is O=CC(O)C(O)C(O)C(O)C[N+](=O)[O-]. The number of hydrogen-bond acceptors (Lipinski definition) is 7. The number of nitro groups is 1. The van der Waals surface area contributed by atoms with E-state index in [0.29, 0.717) is 0 Å². The largest absolute Gasteiger partial charge is 0.387 e. The first-order valence-electron chi connectivity index (χ1n) is 3.69. The van der Waals surface area contributed by atoms with E-state index in [-0.39, 0.29) is 6.29 Å². The highest BCUT2D eigenvalue weighted by atomic mass is 16.6. The van der Waals surface area contributed by atoms with E-state index < -0.39 is 35.9 Å². The van der Waals surface area contributed by atoms with Gasteiger partial charge in [0, 0.05) is 4.92 Å². The van der Waals surface area contributed by atoms with E-state index in [1.54, 1.807) is 0 Å². The van der Waals surface area contributed by atoms with Crippen LogP contribution < -0.4 is 0 Å². The molecule has 0 amide bonds. The van der Waals surface area contributed by atoms with Crippen molar-refractivity contribution in [3.8, 4) is 0 Å². The third-order valence-corrected chi connectivity index (χ3v) is 1.57. The Hall–Kier alpha value is -1.09. The lowest BCUT2D eigenvalue weighted by Gasteiger charge is -2.21. The fourth-order valence-corrected chi connectivity index (χ4v) is 0.771. The van der Waals surface area contributed by atoms with E-state index in [4.69, 9.17) is 20.4 Å². The number of carbonyl (C=O) groups excluding carboxylic acids is 1. The van der Waals surface area contributed by atoms with Crippen molar-refractivity contribution in [2.75, 3.05) is 6.54 Å². The minimum absolute atomic E-state index is 0.0488. The monoisotopic (exact) mass is 209 g/mol. The van der Waals surface area contributed by atoms with E-state index in [1.807, 2.05) is 0 Å². The normalized spacial score (nSPS) is 19.4. The van der Waals surface area contributed by atoms with Crippen LogP contribution in [-0.2, 0) is 4.79 Å². The van der Waals surface area contributed by atoms with Crippen LogP contribution in [-0.4, -0.2) is 62.6 Å². The second kappa shape index (κ2) is 5.60. The Morgan fingerprint density at radius 2 is 1.71 bits per heavy atom. The molecule has 0 fully saturated rings. The minimum atomic E-state index is -1.94. The van der Waals surface area contributed by atoms with Crippen molar-refractivity contribution < 1.29 is 30.1 Å². The molecular formula is C6H11NO7. The van der Waals surface area contributed by atoms with Gasteiger partial charge in [-0.05, 0) is 0 Å². The van der Waals surface area contributed by atoms with E-state index in [9.17, 15) is 14.9 Å². The standard InChI is InChI=1S/C6H11NO7/c8-2-4(10)6(12)5(11)3(9)1-7(13)14/h2-6,9-12H,1H2. The second-order valence-electron chi connectivity index (χ2n) is 2.69. The van der Waals surface area contributed by atoms with Crippen LogP contribution in [0, 0.1) is 10.1 Å². The van der Waals surface area contributed by atoms with Crippen molar-refractivity contribution in [2.24, 2.45) is 0 Å². The van der Waals surface area contributed by atoms with Gasteiger partial charge in [-0.15, -0.1) is 0 Å². The van der Waals surface area contributed by atoms with Gasteiger partial charge in [0.2, 0.25) is 6.54 Å². The molecule has 0 aromatic carbocycles. The number of nitrogens with zero attached hydrogens (tertiary/aromatic N) is 1. The maximum absolute atomic E-state index is 9.96. The number of carbonyl (C=O) groups is 1. The molecule has 0 aromatic rings. The molecule has 0 bridgehead atoms. The van der Waals surface area contributed by atoms with Gasteiger partial charge < -0.3 is 25.2 Å². The summed E-state index contributed by atoms with van der Waals surface area (Å²) in [5, 5.41) is 45.5. The summed E-state index contributed by atoms with van der Waals surface area (Å²) in [5.41, 5.74) is 0. The molecule has 0 saturated carbocycles. The fraction of sp³-hybridized carbons (Fsp3) is 0.833. The molecule has 4 atom stereocenters. The second-order valence-corrected chi connectivity index (χ2v) is 2.69. The van der Waals surface area contributed by atoms with Gasteiger partial charge in [0.05, 0.1) is 0 Å². The Morgan fingerprint density at radius 3 is 2.07 bits per heavy atom. The van der Waals surface area contributed by atoms with Crippen LogP contribution in [0.1, 0.15) is 0 Å². The van der Waals surface area contributed by atoms with E-state index >= 15 is 0 Å². The summed E-state index contributed by atoms with van der Waals surface area (Å²) in [4.78, 5) is 19.0. The van der Waals surface area contributed by atoms with Gasteiger partial charge in [0.1, 0.15) is 24.4 Å². The number of aliphatic hydroxyl groups is 4. The zero-order chi connectivity index (χ0) is 11.3. The molecular weight excluding hydrogens is 198 g/mol. The van der Waals surface area contributed by atoms with E-state index in [1.165, 1.54) is 0 Å². The van der Waals surface area contributed by atoms with Gasteiger partial charge in [-0.25, -0.2) is 0 Å². The van der Waals surface area contributed by atoms with Crippen LogP contribution in [0.15, 0.2) is 0 Å². The zero-order valence-electron chi connectivity index (χ0n) is 7.05. The highest BCUT2D eigenvalue weighted by Gasteiger charge is 2.32. The van der Waals surface area contributed by atoms with Crippen molar-refractivity contribution >= 4 is 6.29 Å². The van der Waals surface area contributed by atoms with Gasteiger partial charge >= 0.3 is 0 Å². The van der Waals surface area contributed by atoms with Crippen LogP contribution in [0.2, 0.25) is 0 Å². The maximum atomic E-state index is 9.96. The molecule has 0 aliphatic carbocycles. The Balaban J connectivity index is 4.22. The zero-order valence-corrected chi connectivity index (χ0v) is 7.05. The predicted molar refractivity (Wildman–Crippen MR) is 42.0 cm³/mol. The van der Waals surface area contributed by atoms with Gasteiger partial charge in [-0.1, -0.05) is 0 Å². The maximum Gasteiger partial charge on any atom is 0.232 e. The lowest BCUT2D eigenvalue weighted by molar-refractivity contribution is -0.493. The molecule has 0 aromatic heterocycles. The quantitative estimate of drug-likeness (QED) is 0.206. The minimum Gasteiger partial charge on any atom is -0.387 e. The summed E-state index contributed by atoms with van der Waals surface area (Å²) >= 11 is 0. The number of aliphatic hydroxyl groups excluding tert-OH is 4. The van der Waals surface area contributed by atoms with Gasteiger partial charge in [0.15, 0.2) is 6.29 Å². The number of aldehydes is 1. The highest BCUT2D eigenvalue weighted by Crippen LogP contribution is 2.04. The van der Waals surface area contributed by atoms with Gasteiger partial charge in [0.25, 0.3) is 0 Å². The summed E-state index contributed by atoms with van der Waals surface area (Å²) in [6.07, 6.45) is -7.66. The molecule has 0 rings (SSSR count). The van der Waals surface area contributed by atoms with E-state index in [0.717, 1.165) is 0 Å². The van der Waals surface area contributed by atoms with E-state index in [2.05, 4.69) is 0 Å².